The van der Waals surface area contributed by atoms with Crippen molar-refractivity contribution in [3.63, 3.8) is 0 Å². The van der Waals surface area contributed by atoms with Gasteiger partial charge in [-0.15, -0.1) is 0 Å². The van der Waals surface area contributed by atoms with Crippen LogP contribution in [0.1, 0.15) is 17.0 Å². The molecule has 134 valence electrons. The summed E-state index contributed by atoms with van der Waals surface area (Å²) in [4.78, 5) is 14.4. The average molecular weight is 348 g/mol. The molecule has 0 saturated carbocycles. The number of nitrogens with zero attached hydrogens (tertiary/aromatic N) is 3. The van der Waals surface area contributed by atoms with Crippen molar-refractivity contribution in [3.05, 3.63) is 53.4 Å². The highest BCUT2D eigenvalue weighted by molar-refractivity contribution is 5.80. The minimum absolute atomic E-state index is 0.0178. The fraction of sp³-hybridized carbons (Fsp3) is 0.444. The summed E-state index contributed by atoms with van der Waals surface area (Å²) in [6.45, 7) is 2.08. The maximum atomic E-state index is 13.3. The van der Waals surface area contributed by atoms with Gasteiger partial charge in [-0.25, -0.2) is 8.78 Å². The number of nitrogens with one attached hydrogen (secondary N) is 1. The van der Waals surface area contributed by atoms with E-state index in [1.54, 1.807) is 24.0 Å². The van der Waals surface area contributed by atoms with Crippen molar-refractivity contribution in [1.82, 2.24) is 20.0 Å². The van der Waals surface area contributed by atoms with Crippen molar-refractivity contribution in [1.29, 1.82) is 0 Å². The normalized spacial score (nSPS) is 20.8. The van der Waals surface area contributed by atoms with Crippen molar-refractivity contribution in [2.75, 3.05) is 26.7 Å². The third kappa shape index (κ3) is 3.87. The second-order valence-electron chi connectivity index (χ2n) is 6.53. The Morgan fingerprint density at radius 3 is 2.76 bits per heavy atom. The second kappa shape index (κ2) is 7.31. The number of carbonyl (C=O) groups excluding carboxylic acids is 1. The topological polar surface area (TPSA) is 50.2 Å². The minimum atomic E-state index is -0.832. The fourth-order valence-electron chi connectivity index (χ4n) is 3.47. The first kappa shape index (κ1) is 17.5. The van der Waals surface area contributed by atoms with Crippen LogP contribution in [0.15, 0.2) is 30.6 Å². The number of aryl methyl sites for hydroxylation is 1. The maximum absolute atomic E-state index is 13.3. The summed E-state index contributed by atoms with van der Waals surface area (Å²) in [7, 11) is 3.50. The molecule has 2 aromatic rings. The number of aromatic nitrogens is 2. The lowest BCUT2D eigenvalue weighted by atomic mass is 9.90. The fourth-order valence-corrected chi connectivity index (χ4v) is 3.47. The van der Waals surface area contributed by atoms with Crippen molar-refractivity contribution in [2.24, 2.45) is 13.0 Å². The van der Waals surface area contributed by atoms with E-state index in [0.29, 0.717) is 19.5 Å². The zero-order valence-corrected chi connectivity index (χ0v) is 14.4. The van der Waals surface area contributed by atoms with Gasteiger partial charge in [-0.3, -0.25) is 9.48 Å². The molecule has 0 bridgehead atoms. The van der Waals surface area contributed by atoms with Gasteiger partial charge < -0.3 is 10.2 Å². The molecule has 1 aliphatic heterocycles. The quantitative estimate of drug-likeness (QED) is 0.895. The molecule has 1 aliphatic rings. The lowest BCUT2D eigenvalue weighted by Gasteiger charge is -2.15. The Labute approximate surface area is 145 Å². The van der Waals surface area contributed by atoms with Crippen molar-refractivity contribution in [3.8, 4) is 0 Å². The van der Waals surface area contributed by atoms with Crippen LogP contribution in [-0.2, 0) is 18.3 Å². The Bertz CT molecular complexity index is 761. The molecule has 1 N–H and O–H groups in total. The van der Waals surface area contributed by atoms with Crippen LogP contribution in [0.3, 0.4) is 0 Å². The molecular formula is C18H22F2N4O. The average Bonchev–Trinajstić information content (AvgIpc) is 3.21. The molecule has 1 amide bonds. The van der Waals surface area contributed by atoms with Gasteiger partial charge in [0.2, 0.25) is 5.91 Å². The first-order valence-electron chi connectivity index (χ1n) is 8.34. The molecule has 1 saturated heterocycles. The summed E-state index contributed by atoms with van der Waals surface area (Å²) in [5.41, 5.74) is 1.80. The van der Waals surface area contributed by atoms with Gasteiger partial charge in [0.05, 0.1) is 12.1 Å². The number of hydrogen-bond acceptors (Lipinski definition) is 3. The van der Waals surface area contributed by atoms with Crippen molar-refractivity contribution < 1.29 is 13.6 Å². The molecule has 1 aromatic carbocycles. The number of likely N-dealkylation sites (tertiary alicyclic amines) is 1. The van der Waals surface area contributed by atoms with Crippen LogP contribution in [0.2, 0.25) is 0 Å². The largest absolute Gasteiger partial charge is 0.359 e. The van der Waals surface area contributed by atoms with Gasteiger partial charge in [0.25, 0.3) is 0 Å². The number of amides is 1. The Hall–Kier alpha value is -2.28. The van der Waals surface area contributed by atoms with Crippen LogP contribution in [0.4, 0.5) is 8.78 Å². The van der Waals surface area contributed by atoms with Crippen LogP contribution in [0.25, 0.3) is 0 Å². The standard InChI is InChI=1S/C18H22F2N4O/c1-21-18(25)15-11-24(10-14(15)13-8-22-23(2)9-13)6-5-12-3-4-16(19)17(20)7-12/h3-4,7-9,14-15H,5-6,10-11H2,1-2H3,(H,21,25)/t14-,15+/m1/s1. The lowest BCUT2D eigenvalue weighted by molar-refractivity contribution is -0.124. The van der Waals surface area contributed by atoms with E-state index >= 15 is 0 Å². The monoisotopic (exact) mass is 348 g/mol. The Kier molecular flexibility index (Phi) is 5.13. The van der Waals surface area contributed by atoms with E-state index < -0.39 is 11.6 Å². The number of carbonyl (C=O) groups is 1. The van der Waals surface area contributed by atoms with Gasteiger partial charge in [0.15, 0.2) is 11.6 Å². The van der Waals surface area contributed by atoms with Crippen LogP contribution in [-0.4, -0.2) is 47.3 Å². The molecule has 2 heterocycles. The molecule has 7 heteroatoms. The van der Waals surface area contributed by atoms with Crippen molar-refractivity contribution >= 4 is 5.91 Å². The molecular weight excluding hydrogens is 326 g/mol. The highest BCUT2D eigenvalue weighted by Crippen LogP contribution is 2.32. The molecule has 5 nitrogen and oxygen atoms in total. The van der Waals surface area contributed by atoms with Gasteiger partial charge in [-0.2, -0.15) is 5.10 Å². The molecule has 25 heavy (non-hydrogen) atoms. The van der Waals surface area contributed by atoms with Crippen LogP contribution >= 0.6 is 0 Å². The molecule has 0 spiro atoms. The third-order valence-corrected chi connectivity index (χ3v) is 4.83. The van der Waals surface area contributed by atoms with Crippen LogP contribution in [0, 0.1) is 17.6 Å². The molecule has 0 radical (unpaired) electrons. The van der Waals surface area contributed by atoms with Gasteiger partial charge in [0.1, 0.15) is 0 Å². The Balaban J connectivity index is 1.68. The van der Waals surface area contributed by atoms with Gasteiger partial charge >= 0.3 is 0 Å². The summed E-state index contributed by atoms with van der Waals surface area (Å²) in [5.74, 6) is -1.70. The summed E-state index contributed by atoms with van der Waals surface area (Å²) in [6.07, 6.45) is 4.36. The zero-order chi connectivity index (χ0) is 18.0. The number of benzene rings is 1. The van der Waals surface area contributed by atoms with E-state index in [0.717, 1.165) is 23.7 Å². The number of rotatable bonds is 5. The van der Waals surface area contributed by atoms with E-state index in [4.69, 9.17) is 0 Å². The first-order chi connectivity index (χ1) is 12.0. The van der Waals surface area contributed by atoms with Gasteiger partial charge in [-0.05, 0) is 29.7 Å². The third-order valence-electron chi connectivity index (χ3n) is 4.83. The highest BCUT2D eigenvalue weighted by Gasteiger charge is 2.38. The van der Waals surface area contributed by atoms with Crippen LogP contribution < -0.4 is 5.32 Å². The molecule has 0 aliphatic carbocycles. The van der Waals surface area contributed by atoms with Crippen molar-refractivity contribution in [2.45, 2.75) is 12.3 Å². The summed E-state index contributed by atoms with van der Waals surface area (Å²) < 4.78 is 28.1. The summed E-state index contributed by atoms with van der Waals surface area (Å²) in [5, 5.41) is 6.94. The van der Waals surface area contributed by atoms with Gasteiger partial charge in [0, 0.05) is 45.8 Å². The maximum Gasteiger partial charge on any atom is 0.224 e. The van der Waals surface area contributed by atoms with E-state index in [9.17, 15) is 13.6 Å². The lowest BCUT2D eigenvalue weighted by Crippen LogP contribution is -2.32. The second-order valence-corrected chi connectivity index (χ2v) is 6.53. The zero-order valence-electron chi connectivity index (χ0n) is 14.4. The summed E-state index contributed by atoms with van der Waals surface area (Å²) in [6, 6.07) is 3.99. The molecule has 1 aromatic heterocycles. The number of halogens is 2. The predicted octanol–water partition coefficient (Wildman–Crippen LogP) is 1.70. The van der Waals surface area contributed by atoms with Crippen LogP contribution in [0.5, 0.6) is 0 Å². The summed E-state index contributed by atoms with van der Waals surface area (Å²) >= 11 is 0. The minimum Gasteiger partial charge on any atom is -0.359 e. The van der Waals surface area contributed by atoms with E-state index in [2.05, 4.69) is 15.3 Å². The Morgan fingerprint density at radius 1 is 1.32 bits per heavy atom. The van der Waals surface area contributed by atoms with E-state index in [-0.39, 0.29) is 17.7 Å². The predicted molar refractivity (Wildman–Crippen MR) is 90.0 cm³/mol. The molecule has 0 unspecified atom stereocenters. The SMILES string of the molecule is CNC(=O)[C@H]1CN(CCc2ccc(F)c(F)c2)C[C@@H]1c1cnn(C)c1. The Morgan fingerprint density at radius 2 is 2.12 bits per heavy atom. The van der Waals surface area contributed by atoms with Gasteiger partial charge in [-0.1, -0.05) is 6.07 Å². The molecule has 2 atom stereocenters. The smallest absolute Gasteiger partial charge is 0.224 e. The molecule has 1 fully saturated rings. The van der Waals surface area contributed by atoms with E-state index in [1.807, 2.05) is 13.2 Å². The highest BCUT2D eigenvalue weighted by atomic mass is 19.2. The number of hydrogen-bond donors (Lipinski definition) is 1. The molecule has 3 rings (SSSR count). The first-order valence-corrected chi connectivity index (χ1v) is 8.34. The van der Waals surface area contributed by atoms with E-state index in [1.165, 1.54) is 6.07 Å².